The molecule has 0 bridgehead atoms. The summed E-state index contributed by atoms with van der Waals surface area (Å²) >= 11 is 3.41. The molecule has 0 aliphatic rings. The van der Waals surface area contributed by atoms with Crippen LogP contribution in [-0.4, -0.2) is 33.5 Å². The number of hydrogen-bond acceptors (Lipinski definition) is 3. The van der Waals surface area contributed by atoms with Gasteiger partial charge in [-0.05, 0) is 35.1 Å². The van der Waals surface area contributed by atoms with Crippen LogP contribution in [0.5, 0.6) is 0 Å². The molecule has 1 N–H and O–H groups in total. The van der Waals surface area contributed by atoms with Gasteiger partial charge >= 0.3 is 0 Å². The molecule has 82 valence electrons. The molecular formula is C11H15BrN2O. The summed E-state index contributed by atoms with van der Waals surface area (Å²) in [4.78, 5) is 13.8. The summed E-state index contributed by atoms with van der Waals surface area (Å²) in [5.41, 5.74) is 1.67. The molecule has 15 heavy (non-hydrogen) atoms. The van der Waals surface area contributed by atoms with Crippen molar-refractivity contribution < 1.29 is 4.79 Å². The van der Waals surface area contributed by atoms with Gasteiger partial charge in [0, 0.05) is 24.3 Å². The molecule has 0 aliphatic heterocycles. The van der Waals surface area contributed by atoms with E-state index < -0.39 is 0 Å². The van der Waals surface area contributed by atoms with Crippen molar-refractivity contribution in [2.75, 3.05) is 32.6 Å². The lowest BCUT2D eigenvalue weighted by atomic mass is 10.1. The van der Waals surface area contributed by atoms with Gasteiger partial charge in [0.2, 0.25) is 0 Å². The number of nitrogens with zero attached hydrogens (tertiary/aromatic N) is 1. The predicted octanol–water partition coefficient (Wildman–Crippen LogP) is 1.92. The van der Waals surface area contributed by atoms with Crippen LogP contribution in [0.2, 0.25) is 0 Å². The Labute approximate surface area is 98.6 Å². The van der Waals surface area contributed by atoms with Crippen molar-refractivity contribution in [2.45, 2.75) is 0 Å². The number of carbonyl (C=O) groups is 1. The summed E-state index contributed by atoms with van der Waals surface area (Å²) in [6.07, 6.45) is 0. The van der Waals surface area contributed by atoms with Crippen molar-refractivity contribution in [2.24, 2.45) is 0 Å². The van der Waals surface area contributed by atoms with Crippen LogP contribution in [0.3, 0.4) is 0 Å². The van der Waals surface area contributed by atoms with Crippen LogP contribution >= 0.6 is 15.9 Å². The topological polar surface area (TPSA) is 32.3 Å². The Morgan fingerprint density at radius 1 is 1.47 bits per heavy atom. The van der Waals surface area contributed by atoms with E-state index in [4.69, 9.17) is 0 Å². The number of likely N-dealkylation sites (N-methyl/N-ethyl adjacent to an activating group) is 1. The molecule has 0 heterocycles. The van der Waals surface area contributed by atoms with Gasteiger partial charge in [0.15, 0.2) is 5.78 Å². The number of halogens is 1. The van der Waals surface area contributed by atoms with Crippen LogP contribution in [0.4, 0.5) is 5.69 Å². The minimum Gasteiger partial charge on any atom is -0.377 e. The van der Waals surface area contributed by atoms with Crippen LogP contribution in [0.15, 0.2) is 22.7 Å². The second-order valence-electron chi connectivity index (χ2n) is 3.48. The summed E-state index contributed by atoms with van der Waals surface area (Å²) in [5, 5.41) is 2.87. The number of anilines is 1. The lowest BCUT2D eigenvalue weighted by molar-refractivity contribution is 0.0993. The molecule has 0 saturated carbocycles. The first-order chi connectivity index (χ1) is 7.07. The minimum absolute atomic E-state index is 0.0914. The third-order valence-corrected chi connectivity index (χ3v) is 2.75. The molecule has 0 saturated heterocycles. The normalized spacial score (nSPS) is 10.1. The second-order valence-corrected chi connectivity index (χ2v) is 4.34. The average Bonchev–Trinajstić information content (AvgIpc) is 2.17. The van der Waals surface area contributed by atoms with Gasteiger partial charge in [0.05, 0.1) is 12.1 Å². The lowest BCUT2D eigenvalue weighted by Gasteiger charge is -2.17. The number of nitrogens with one attached hydrogen (secondary N) is 1. The molecule has 0 fully saturated rings. The van der Waals surface area contributed by atoms with Crippen molar-refractivity contribution in [1.29, 1.82) is 0 Å². The van der Waals surface area contributed by atoms with Crippen molar-refractivity contribution in [3.63, 3.8) is 0 Å². The van der Waals surface area contributed by atoms with E-state index in [1.165, 1.54) is 0 Å². The maximum absolute atomic E-state index is 11.9. The lowest BCUT2D eigenvalue weighted by Crippen LogP contribution is -2.22. The second kappa shape index (κ2) is 5.28. The fraction of sp³-hybridized carbons (Fsp3) is 0.364. The Kier molecular flexibility index (Phi) is 4.29. The predicted molar refractivity (Wildman–Crippen MR) is 66.7 cm³/mol. The number of carbonyl (C=O) groups excluding carboxylic acids is 1. The van der Waals surface area contributed by atoms with Crippen LogP contribution in [0.1, 0.15) is 10.4 Å². The highest BCUT2D eigenvalue weighted by Crippen LogP contribution is 2.26. The molecule has 0 radical (unpaired) electrons. The van der Waals surface area contributed by atoms with E-state index in [1.807, 2.05) is 37.2 Å². The van der Waals surface area contributed by atoms with E-state index in [0.29, 0.717) is 6.54 Å². The highest BCUT2D eigenvalue weighted by molar-refractivity contribution is 9.10. The zero-order valence-corrected chi connectivity index (χ0v) is 10.8. The Morgan fingerprint density at radius 3 is 2.67 bits per heavy atom. The molecular weight excluding hydrogens is 256 g/mol. The van der Waals surface area contributed by atoms with Gasteiger partial charge in [-0.15, -0.1) is 0 Å². The fourth-order valence-electron chi connectivity index (χ4n) is 1.41. The molecule has 4 heteroatoms. The summed E-state index contributed by atoms with van der Waals surface area (Å²) in [6, 6.07) is 5.75. The fourth-order valence-corrected chi connectivity index (χ4v) is 1.99. The highest BCUT2D eigenvalue weighted by atomic mass is 79.9. The Morgan fingerprint density at radius 2 is 2.13 bits per heavy atom. The zero-order chi connectivity index (χ0) is 11.4. The summed E-state index contributed by atoms with van der Waals surface area (Å²) in [7, 11) is 5.62. The van der Waals surface area contributed by atoms with Crippen LogP contribution in [0.25, 0.3) is 0 Å². The highest BCUT2D eigenvalue weighted by Gasteiger charge is 2.15. The van der Waals surface area contributed by atoms with Gasteiger partial charge in [-0.1, -0.05) is 6.07 Å². The molecule has 0 aliphatic carbocycles. The maximum atomic E-state index is 11.9. The quantitative estimate of drug-likeness (QED) is 0.849. The molecule has 0 atom stereocenters. The van der Waals surface area contributed by atoms with Gasteiger partial charge in [0.1, 0.15) is 0 Å². The number of rotatable bonds is 4. The van der Waals surface area contributed by atoms with Gasteiger partial charge in [0.25, 0.3) is 0 Å². The molecule has 1 aromatic rings. The standard InChI is InChI=1S/C11H15BrN2O/c1-13-7-10(15)11-8(12)5-4-6-9(11)14(2)3/h4-6,13H,7H2,1-3H3. The number of Topliss-reactive ketones (excluding diaryl/α,β-unsaturated/α-hetero) is 1. The average molecular weight is 271 g/mol. The van der Waals surface area contributed by atoms with Gasteiger partial charge in [-0.2, -0.15) is 0 Å². The Hall–Kier alpha value is -0.870. The van der Waals surface area contributed by atoms with Gasteiger partial charge < -0.3 is 10.2 Å². The Bertz CT molecular complexity index is 364. The zero-order valence-electron chi connectivity index (χ0n) is 9.17. The van der Waals surface area contributed by atoms with Crippen LogP contribution in [-0.2, 0) is 0 Å². The van der Waals surface area contributed by atoms with Crippen molar-refractivity contribution in [3.8, 4) is 0 Å². The van der Waals surface area contributed by atoms with Gasteiger partial charge in [-0.25, -0.2) is 0 Å². The van der Waals surface area contributed by atoms with E-state index in [0.717, 1.165) is 15.7 Å². The number of hydrogen-bond donors (Lipinski definition) is 1. The first kappa shape index (κ1) is 12.2. The monoisotopic (exact) mass is 270 g/mol. The van der Waals surface area contributed by atoms with E-state index in [-0.39, 0.29) is 5.78 Å². The van der Waals surface area contributed by atoms with E-state index in [1.54, 1.807) is 7.05 Å². The van der Waals surface area contributed by atoms with Crippen molar-refractivity contribution in [3.05, 3.63) is 28.2 Å². The van der Waals surface area contributed by atoms with E-state index in [9.17, 15) is 4.79 Å². The Balaban J connectivity index is 3.18. The first-order valence-corrected chi connectivity index (χ1v) is 5.51. The molecule has 0 amide bonds. The molecule has 0 spiro atoms. The summed E-state index contributed by atoms with van der Waals surface area (Å²) in [5.74, 6) is 0.0914. The van der Waals surface area contributed by atoms with Crippen LogP contribution in [0, 0.1) is 0 Å². The summed E-state index contributed by atoms with van der Waals surface area (Å²) in [6.45, 7) is 0.351. The largest absolute Gasteiger partial charge is 0.377 e. The molecule has 0 unspecified atom stereocenters. The van der Waals surface area contributed by atoms with Crippen molar-refractivity contribution in [1.82, 2.24) is 5.32 Å². The first-order valence-electron chi connectivity index (χ1n) is 4.71. The third-order valence-electron chi connectivity index (χ3n) is 2.09. The molecule has 0 aromatic heterocycles. The van der Waals surface area contributed by atoms with Gasteiger partial charge in [-0.3, -0.25) is 4.79 Å². The van der Waals surface area contributed by atoms with E-state index in [2.05, 4.69) is 21.2 Å². The summed E-state index contributed by atoms with van der Waals surface area (Å²) < 4.78 is 0.842. The van der Waals surface area contributed by atoms with Crippen LogP contribution < -0.4 is 10.2 Å². The smallest absolute Gasteiger partial charge is 0.179 e. The minimum atomic E-state index is 0.0914. The maximum Gasteiger partial charge on any atom is 0.179 e. The number of ketones is 1. The molecule has 1 aromatic carbocycles. The molecule has 3 nitrogen and oxygen atoms in total. The van der Waals surface area contributed by atoms with Crippen molar-refractivity contribution >= 4 is 27.4 Å². The third kappa shape index (κ3) is 2.79. The van der Waals surface area contributed by atoms with E-state index >= 15 is 0 Å². The number of benzene rings is 1. The SMILES string of the molecule is CNCC(=O)c1c(Br)cccc1N(C)C. The molecule has 1 rings (SSSR count).